The van der Waals surface area contributed by atoms with E-state index in [2.05, 4.69) is 4.72 Å². The van der Waals surface area contributed by atoms with Gasteiger partial charge in [-0.1, -0.05) is 18.5 Å². The third-order valence-electron chi connectivity index (χ3n) is 2.66. The first-order valence-electron chi connectivity index (χ1n) is 5.98. The summed E-state index contributed by atoms with van der Waals surface area (Å²) in [6.07, 6.45) is 0. The van der Waals surface area contributed by atoms with E-state index in [1.54, 1.807) is 0 Å². The van der Waals surface area contributed by atoms with Crippen molar-refractivity contribution in [3.63, 3.8) is 0 Å². The van der Waals surface area contributed by atoms with E-state index in [9.17, 15) is 12.8 Å². The summed E-state index contributed by atoms with van der Waals surface area (Å²) < 4.78 is 45.5. The Labute approximate surface area is 123 Å². The maximum atomic E-state index is 14.0. The Balaban J connectivity index is 3.01. The maximum absolute atomic E-state index is 14.0. The van der Waals surface area contributed by atoms with Crippen LogP contribution in [-0.4, -0.2) is 28.7 Å². The van der Waals surface area contributed by atoms with E-state index in [-0.39, 0.29) is 29.6 Å². The van der Waals surface area contributed by atoms with Crippen molar-refractivity contribution < 1.29 is 17.5 Å². The molecule has 0 aliphatic heterocycles. The number of rotatable bonds is 7. The first-order valence-corrected chi connectivity index (χ1v) is 7.84. The Morgan fingerprint density at radius 1 is 1.50 bits per heavy atom. The normalized spacial score (nSPS) is 13.4. The van der Waals surface area contributed by atoms with Gasteiger partial charge in [0.05, 0.1) is 0 Å². The second-order valence-corrected chi connectivity index (χ2v) is 6.67. The van der Waals surface area contributed by atoms with Gasteiger partial charge < -0.3 is 10.5 Å². The van der Waals surface area contributed by atoms with Gasteiger partial charge >= 0.3 is 0 Å². The van der Waals surface area contributed by atoms with Gasteiger partial charge in [-0.3, -0.25) is 0 Å². The number of benzene rings is 1. The van der Waals surface area contributed by atoms with Crippen molar-refractivity contribution in [3.05, 3.63) is 28.5 Å². The number of halogens is 2. The predicted molar refractivity (Wildman–Crippen MR) is 75.5 cm³/mol. The molecule has 1 atom stereocenters. The smallest absolute Gasteiger partial charge is 0.243 e. The number of nitrogens with two attached hydrogens (primary N) is 1. The molecular weight excluding hydrogens is 307 g/mol. The molecule has 8 heteroatoms. The van der Waals surface area contributed by atoms with Crippen LogP contribution in [0.1, 0.15) is 12.5 Å². The van der Waals surface area contributed by atoms with Gasteiger partial charge in [0.25, 0.3) is 0 Å². The zero-order valence-electron chi connectivity index (χ0n) is 11.3. The summed E-state index contributed by atoms with van der Waals surface area (Å²) in [4.78, 5) is -0.491. The third kappa shape index (κ3) is 4.39. The Morgan fingerprint density at radius 3 is 2.70 bits per heavy atom. The fourth-order valence-corrected chi connectivity index (χ4v) is 3.25. The average molecular weight is 325 g/mol. The molecule has 0 spiro atoms. The van der Waals surface area contributed by atoms with Crippen molar-refractivity contribution in [2.75, 3.05) is 20.3 Å². The van der Waals surface area contributed by atoms with Gasteiger partial charge in [0.15, 0.2) is 0 Å². The quantitative estimate of drug-likeness (QED) is 0.796. The molecule has 20 heavy (non-hydrogen) atoms. The highest BCUT2D eigenvalue weighted by molar-refractivity contribution is 7.89. The lowest BCUT2D eigenvalue weighted by atomic mass is 10.2. The van der Waals surface area contributed by atoms with Gasteiger partial charge in [0.1, 0.15) is 10.7 Å². The zero-order valence-corrected chi connectivity index (χ0v) is 12.9. The van der Waals surface area contributed by atoms with Crippen LogP contribution in [0, 0.1) is 11.7 Å². The van der Waals surface area contributed by atoms with Crippen molar-refractivity contribution in [1.29, 1.82) is 0 Å². The molecule has 0 heterocycles. The molecule has 5 nitrogen and oxygen atoms in total. The molecule has 1 rings (SSSR count). The van der Waals surface area contributed by atoms with E-state index in [0.29, 0.717) is 6.61 Å². The fraction of sp³-hybridized carbons (Fsp3) is 0.500. The van der Waals surface area contributed by atoms with Crippen LogP contribution in [0.25, 0.3) is 0 Å². The van der Waals surface area contributed by atoms with E-state index in [4.69, 9.17) is 22.1 Å². The van der Waals surface area contributed by atoms with Crippen LogP contribution in [0.3, 0.4) is 0 Å². The summed E-state index contributed by atoms with van der Waals surface area (Å²) in [5.41, 5.74) is 5.42. The third-order valence-corrected chi connectivity index (χ3v) is 4.30. The molecule has 0 aliphatic rings. The zero-order chi connectivity index (χ0) is 15.3. The summed E-state index contributed by atoms with van der Waals surface area (Å²) in [5, 5.41) is 0.122. The molecule has 0 bridgehead atoms. The first kappa shape index (κ1) is 17.3. The number of sulfonamides is 1. The summed E-state index contributed by atoms with van der Waals surface area (Å²) in [6, 6.07) is 2.38. The minimum absolute atomic E-state index is 0.0361. The Bertz CT molecular complexity index is 566. The number of nitrogens with one attached hydrogen (secondary N) is 1. The van der Waals surface area contributed by atoms with Crippen molar-refractivity contribution in [1.82, 2.24) is 4.72 Å². The molecule has 1 aromatic carbocycles. The van der Waals surface area contributed by atoms with Gasteiger partial charge in [0, 0.05) is 37.4 Å². The van der Waals surface area contributed by atoms with Crippen LogP contribution in [0.4, 0.5) is 4.39 Å². The van der Waals surface area contributed by atoms with E-state index in [1.165, 1.54) is 13.2 Å². The highest BCUT2D eigenvalue weighted by atomic mass is 35.5. The predicted octanol–water partition coefficient (Wildman–Crippen LogP) is 1.50. The lowest BCUT2D eigenvalue weighted by Crippen LogP contribution is -2.30. The molecule has 0 amide bonds. The lowest BCUT2D eigenvalue weighted by molar-refractivity contribution is 0.161. The van der Waals surface area contributed by atoms with Crippen LogP contribution >= 0.6 is 11.6 Å². The van der Waals surface area contributed by atoms with Crippen LogP contribution in [0.2, 0.25) is 5.02 Å². The van der Waals surface area contributed by atoms with Crippen LogP contribution in [-0.2, 0) is 21.3 Å². The molecule has 3 N–H and O–H groups in total. The average Bonchev–Trinajstić information content (AvgIpc) is 2.39. The van der Waals surface area contributed by atoms with Gasteiger partial charge in [-0.2, -0.15) is 0 Å². The number of ether oxygens (including phenoxy) is 1. The lowest BCUT2D eigenvalue weighted by Gasteiger charge is -2.13. The fourth-order valence-electron chi connectivity index (χ4n) is 1.64. The maximum Gasteiger partial charge on any atom is 0.243 e. The van der Waals surface area contributed by atoms with Crippen molar-refractivity contribution >= 4 is 21.6 Å². The molecule has 0 saturated carbocycles. The van der Waals surface area contributed by atoms with Gasteiger partial charge in [-0.15, -0.1) is 0 Å². The molecule has 1 unspecified atom stereocenters. The highest BCUT2D eigenvalue weighted by Crippen LogP contribution is 2.23. The standard InChI is InChI=1S/C12H18ClFN2O3S/c1-8(7-19-2)6-16-20(17,18)11-4-10(13)3-9(5-15)12(11)14/h3-4,8,16H,5-7,15H2,1-2H3. The first-order chi connectivity index (χ1) is 9.31. The van der Waals surface area contributed by atoms with Crippen LogP contribution < -0.4 is 10.5 Å². The van der Waals surface area contributed by atoms with Crippen molar-refractivity contribution in [2.24, 2.45) is 11.7 Å². The summed E-state index contributed by atoms with van der Waals surface area (Å²) in [7, 11) is -2.46. The van der Waals surface area contributed by atoms with E-state index < -0.39 is 20.7 Å². The second-order valence-electron chi connectivity index (χ2n) is 4.49. The van der Waals surface area contributed by atoms with Crippen LogP contribution in [0.5, 0.6) is 0 Å². The Morgan fingerprint density at radius 2 is 2.15 bits per heavy atom. The molecule has 0 aliphatic carbocycles. The molecular formula is C12H18ClFN2O3S. The summed E-state index contributed by atoms with van der Waals surface area (Å²) in [5.74, 6) is -0.908. The number of hydrogen-bond donors (Lipinski definition) is 2. The van der Waals surface area contributed by atoms with Gasteiger partial charge in [-0.25, -0.2) is 17.5 Å². The molecule has 0 radical (unpaired) electrons. The minimum atomic E-state index is -3.98. The minimum Gasteiger partial charge on any atom is -0.384 e. The molecule has 1 aromatic rings. The summed E-state index contributed by atoms with van der Waals surface area (Å²) in [6.45, 7) is 2.22. The molecule has 114 valence electrons. The van der Waals surface area contributed by atoms with Crippen LogP contribution in [0.15, 0.2) is 17.0 Å². The molecule has 0 fully saturated rings. The number of methoxy groups -OCH3 is 1. The number of hydrogen-bond acceptors (Lipinski definition) is 4. The molecule has 0 aromatic heterocycles. The second kappa shape index (κ2) is 7.33. The Hall–Kier alpha value is -0.730. The van der Waals surface area contributed by atoms with E-state index >= 15 is 0 Å². The van der Waals surface area contributed by atoms with Crippen molar-refractivity contribution in [3.8, 4) is 0 Å². The van der Waals surface area contributed by atoms with Crippen molar-refractivity contribution in [2.45, 2.75) is 18.4 Å². The van der Waals surface area contributed by atoms with E-state index in [1.807, 2.05) is 6.92 Å². The van der Waals surface area contributed by atoms with Gasteiger partial charge in [0.2, 0.25) is 10.0 Å². The Kier molecular flexibility index (Phi) is 6.35. The largest absolute Gasteiger partial charge is 0.384 e. The molecule has 0 saturated heterocycles. The monoisotopic (exact) mass is 324 g/mol. The topological polar surface area (TPSA) is 81.4 Å². The van der Waals surface area contributed by atoms with E-state index in [0.717, 1.165) is 6.07 Å². The highest BCUT2D eigenvalue weighted by Gasteiger charge is 2.22. The van der Waals surface area contributed by atoms with Gasteiger partial charge in [-0.05, 0) is 18.1 Å². The SMILES string of the molecule is COCC(C)CNS(=O)(=O)c1cc(Cl)cc(CN)c1F. The summed E-state index contributed by atoms with van der Waals surface area (Å²) >= 11 is 5.78.